The summed E-state index contributed by atoms with van der Waals surface area (Å²) in [6, 6.07) is 0.562. The summed E-state index contributed by atoms with van der Waals surface area (Å²) >= 11 is 0. The molecule has 1 amide bonds. The average Bonchev–Trinajstić information content (AvgIpc) is 3.17. The van der Waals surface area contributed by atoms with Gasteiger partial charge in [-0.15, -0.1) is 0 Å². The van der Waals surface area contributed by atoms with E-state index in [1.165, 1.54) is 19.3 Å². The lowest BCUT2D eigenvalue weighted by Gasteiger charge is -2.24. The van der Waals surface area contributed by atoms with Crippen LogP contribution in [0.3, 0.4) is 0 Å². The molecule has 1 saturated heterocycles. The standard InChI is InChI=1S/C14H24N2O/c1-3-5-10-9-11(10)16-12(6-4-2)15-14(7-8-14)13(16)17/h10-12,15H,3-9H2,1-2H3. The smallest absolute Gasteiger partial charge is 0.244 e. The number of hydrogen-bond acceptors (Lipinski definition) is 2. The minimum Gasteiger partial charge on any atom is -0.322 e. The highest BCUT2D eigenvalue weighted by molar-refractivity contribution is 5.92. The maximum absolute atomic E-state index is 12.5. The molecule has 3 rings (SSSR count). The van der Waals surface area contributed by atoms with Gasteiger partial charge < -0.3 is 4.90 Å². The zero-order valence-electron chi connectivity index (χ0n) is 11.0. The molecule has 3 nitrogen and oxygen atoms in total. The van der Waals surface area contributed by atoms with Crippen molar-refractivity contribution in [1.29, 1.82) is 0 Å². The lowest BCUT2D eigenvalue weighted by atomic mass is 10.2. The molecule has 0 radical (unpaired) electrons. The average molecular weight is 236 g/mol. The number of carbonyl (C=O) groups excluding carboxylic acids is 1. The fraction of sp³-hybridized carbons (Fsp3) is 0.929. The second-order valence-electron chi connectivity index (χ2n) is 6.10. The highest BCUT2D eigenvalue weighted by atomic mass is 16.2. The van der Waals surface area contributed by atoms with Gasteiger partial charge in [-0.05, 0) is 38.0 Å². The van der Waals surface area contributed by atoms with E-state index in [4.69, 9.17) is 0 Å². The minimum atomic E-state index is -0.112. The summed E-state index contributed by atoms with van der Waals surface area (Å²) in [4.78, 5) is 14.7. The molecule has 2 aliphatic carbocycles. The third-order valence-electron chi connectivity index (χ3n) is 4.64. The van der Waals surface area contributed by atoms with Crippen molar-refractivity contribution in [1.82, 2.24) is 10.2 Å². The zero-order chi connectivity index (χ0) is 12.0. The Bertz CT molecular complexity index is 324. The Balaban J connectivity index is 1.70. The normalized spacial score (nSPS) is 37.9. The molecule has 1 heterocycles. The van der Waals surface area contributed by atoms with Crippen LogP contribution in [0.4, 0.5) is 0 Å². The van der Waals surface area contributed by atoms with Crippen molar-refractivity contribution in [3.8, 4) is 0 Å². The van der Waals surface area contributed by atoms with Crippen LogP contribution in [0, 0.1) is 5.92 Å². The number of nitrogens with one attached hydrogen (secondary N) is 1. The topological polar surface area (TPSA) is 32.3 Å². The molecule has 0 aromatic carbocycles. The summed E-state index contributed by atoms with van der Waals surface area (Å²) in [5.41, 5.74) is -0.112. The van der Waals surface area contributed by atoms with Crippen LogP contribution in [0.1, 0.15) is 58.8 Å². The van der Waals surface area contributed by atoms with E-state index in [9.17, 15) is 4.79 Å². The van der Waals surface area contributed by atoms with Crippen molar-refractivity contribution in [2.75, 3.05) is 0 Å². The van der Waals surface area contributed by atoms with Gasteiger partial charge >= 0.3 is 0 Å². The summed E-state index contributed by atoms with van der Waals surface area (Å²) in [6.45, 7) is 4.45. The molecule has 3 unspecified atom stereocenters. The van der Waals surface area contributed by atoms with Crippen LogP contribution in [0.15, 0.2) is 0 Å². The molecule has 1 N–H and O–H groups in total. The van der Waals surface area contributed by atoms with Gasteiger partial charge in [0.15, 0.2) is 0 Å². The Morgan fingerprint density at radius 2 is 2.00 bits per heavy atom. The van der Waals surface area contributed by atoms with Crippen molar-refractivity contribution in [2.45, 2.75) is 76.5 Å². The highest BCUT2D eigenvalue weighted by Gasteiger charge is 2.62. The predicted octanol–water partition coefficient (Wildman–Crippen LogP) is 2.27. The van der Waals surface area contributed by atoms with Gasteiger partial charge in [0.1, 0.15) is 0 Å². The maximum atomic E-state index is 12.5. The van der Waals surface area contributed by atoms with E-state index < -0.39 is 0 Å². The molecular formula is C14H24N2O. The van der Waals surface area contributed by atoms with E-state index in [-0.39, 0.29) is 5.54 Å². The third kappa shape index (κ3) is 1.79. The molecule has 2 saturated carbocycles. The van der Waals surface area contributed by atoms with Crippen LogP contribution >= 0.6 is 0 Å². The molecule has 0 bridgehead atoms. The molecule has 3 heteroatoms. The Kier molecular flexibility index (Phi) is 2.69. The van der Waals surface area contributed by atoms with Crippen molar-refractivity contribution in [3.05, 3.63) is 0 Å². The SMILES string of the molecule is CCCC1CC1N1C(=O)C2(CC2)NC1CCC. The molecule has 17 heavy (non-hydrogen) atoms. The number of carbonyl (C=O) groups is 1. The molecule has 96 valence electrons. The minimum absolute atomic E-state index is 0.112. The van der Waals surface area contributed by atoms with Gasteiger partial charge in [-0.25, -0.2) is 0 Å². The summed E-state index contributed by atoms with van der Waals surface area (Å²) in [5.74, 6) is 1.21. The third-order valence-corrected chi connectivity index (χ3v) is 4.64. The van der Waals surface area contributed by atoms with Crippen LogP contribution in [0.2, 0.25) is 0 Å². The number of nitrogens with zero attached hydrogens (tertiary/aromatic N) is 1. The Morgan fingerprint density at radius 3 is 2.59 bits per heavy atom. The Hall–Kier alpha value is -0.570. The van der Waals surface area contributed by atoms with Gasteiger partial charge in [0.05, 0.1) is 11.7 Å². The van der Waals surface area contributed by atoms with Gasteiger partial charge in [0.2, 0.25) is 5.91 Å². The van der Waals surface area contributed by atoms with Crippen LogP contribution in [-0.2, 0) is 4.79 Å². The summed E-state index contributed by atoms with van der Waals surface area (Å²) < 4.78 is 0. The summed E-state index contributed by atoms with van der Waals surface area (Å²) in [7, 11) is 0. The molecule has 1 aliphatic heterocycles. The molecule has 0 aromatic rings. The van der Waals surface area contributed by atoms with Gasteiger partial charge in [-0.1, -0.05) is 26.7 Å². The second-order valence-corrected chi connectivity index (χ2v) is 6.10. The van der Waals surface area contributed by atoms with Crippen molar-refractivity contribution < 1.29 is 4.79 Å². The first-order chi connectivity index (χ1) is 8.22. The first-order valence-corrected chi connectivity index (χ1v) is 7.32. The first-order valence-electron chi connectivity index (χ1n) is 7.32. The Morgan fingerprint density at radius 1 is 1.29 bits per heavy atom. The number of amides is 1. The highest BCUT2D eigenvalue weighted by Crippen LogP contribution is 2.49. The van der Waals surface area contributed by atoms with E-state index in [0.717, 1.165) is 31.6 Å². The predicted molar refractivity (Wildman–Crippen MR) is 67.4 cm³/mol. The summed E-state index contributed by atoms with van der Waals surface area (Å²) in [6.07, 6.45) is 8.52. The lowest BCUT2D eigenvalue weighted by molar-refractivity contribution is -0.131. The monoisotopic (exact) mass is 236 g/mol. The van der Waals surface area contributed by atoms with E-state index in [1.54, 1.807) is 0 Å². The molecule has 0 aromatic heterocycles. The quantitative estimate of drug-likeness (QED) is 0.794. The fourth-order valence-corrected chi connectivity index (χ4v) is 3.44. The van der Waals surface area contributed by atoms with Gasteiger partial charge in [-0.2, -0.15) is 0 Å². The van der Waals surface area contributed by atoms with E-state index in [2.05, 4.69) is 24.1 Å². The molecule has 3 fully saturated rings. The van der Waals surface area contributed by atoms with Crippen LogP contribution in [0.5, 0.6) is 0 Å². The number of hydrogen-bond donors (Lipinski definition) is 1. The van der Waals surface area contributed by atoms with Gasteiger partial charge in [0, 0.05) is 6.04 Å². The molecule has 1 spiro atoms. The zero-order valence-corrected chi connectivity index (χ0v) is 11.0. The van der Waals surface area contributed by atoms with Gasteiger partial charge in [0.25, 0.3) is 0 Å². The first kappa shape index (κ1) is 11.5. The van der Waals surface area contributed by atoms with E-state index in [0.29, 0.717) is 18.1 Å². The Labute approximate surface area is 104 Å². The fourth-order valence-electron chi connectivity index (χ4n) is 3.44. The maximum Gasteiger partial charge on any atom is 0.244 e. The number of rotatable bonds is 5. The van der Waals surface area contributed by atoms with Gasteiger partial charge in [-0.3, -0.25) is 10.1 Å². The second kappa shape index (κ2) is 3.98. The van der Waals surface area contributed by atoms with E-state index in [1.807, 2.05) is 0 Å². The van der Waals surface area contributed by atoms with Crippen LogP contribution in [-0.4, -0.2) is 28.6 Å². The van der Waals surface area contributed by atoms with Crippen molar-refractivity contribution in [2.24, 2.45) is 5.92 Å². The molecule has 3 atom stereocenters. The van der Waals surface area contributed by atoms with Crippen molar-refractivity contribution >= 4 is 5.91 Å². The van der Waals surface area contributed by atoms with E-state index >= 15 is 0 Å². The largest absolute Gasteiger partial charge is 0.322 e. The van der Waals surface area contributed by atoms with Crippen LogP contribution in [0.25, 0.3) is 0 Å². The van der Waals surface area contributed by atoms with Crippen LogP contribution < -0.4 is 5.32 Å². The molecule has 3 aliphatic rings. The summed E-state index contributed by atoms with van der Waals surface area (Å²) in [5, 5.41) is 3.60. The molecular weight excluding hydrogens is 212 g/mol. The lowest BCUT2D eigenvalue weighted by Crippen LogP contribution is -2.39. The van der Waals surface area contributed by atoms with Crippen molar-refractivity contribution in [3.63, 3.8) is 0 Å².